The van der Waals surface area contributed by atoms with Gasteiger partial charge in [0.15, 0.2) is 0 Å². The molecule has 0 aliphatic rings. The summed E-state index contributed by atoms with van der Waals surface area (Å²) < 4.78 is 10.2. The van der Waals surface area contributed by atoms with Gasteiger partial charge in [0.05, 0.1) is 23.6 Å². The molecule has 134 valence electrons. The monoisotopic (exact) mass is 344 g/mol. The average molecular weight is 344 g/mol. The molecule has 0 saturated heterocycles. The molecule has 0 aliphatic heterocycles. The van der Waals surface area contributed by atoms with Crippen molar-refractivity contribution in [1.29, 1.82) is 0 Å². The van der Waals surface area contributed by atoms with Gasteiger partial charge in [-0.2, -0.15) is 0 Å². The Balaban J connectivity index is 2.19. The van der Waals surface area contributed by atoms with Crippen LogP contribution in [0.4, 0.5) is 5.69 Å². The number of rotatable bonds is 7. The van der Waals surface area contributed by atoms with Gasteiger partial charge in [0.1, 0.15) is 5.76 Å². The number of para-hydroxylation sites is 1. The summed E-state index contributed by atoms with van der Waals surface area (Å²) in [6.07, 6.45) is 0.867. The fourth-order valence-electron chi connectivity index (χ4n) is 2.80. The molecule has 1 heterocycles. The first kappa shape index (κ1) is 18.7. The molecule has 2 rings (SSSR count). The van der Waals surface area contributed by atoms with Crippen molar-refractivity contribution in [3.05, 3.63) is 46.8 Å². The predicted octanol–water partition coefficient (Wildman–Crippen LogP) is 3.45. The van der Waals surface area contributed by atoms with Crippen molar-refractivity contribution in [2.75, 3.05) is 18.1 Å². The van der Waals surface area contributed by atoms with Crippen molar-refractivity contribution in [1.82, 2.24) is 5.16 Å². The van der Waals surface area contributed by atoms with E-state index >= 15 is 0 Å². The van der Waals surface area contributed by atoms with E-state index in [2.05, 4.69) is 5.16 Å². The van der Waals surface area contributed by atoms with Gasteiger partial charge in [0.2, 0.25) is 5.91 Å². The van der Waals surface area contributed by atoms with Crippen LogP contribution in [0.3, 0.4) is 0 Å². The second-order valence-electron chi connectivity index (χ2n) is 5.68. The van der Waals surface area contributed by atoms with Gasteiger partial charge in [-0.05, 0) is 46.2 Å². The Kier molecular flexibility index (Phi) is 6.33. The molecule has 25 heavy (non-hydrogen) atoms. The van der Waals surface area contributed by atoms with E-state index in [9.17, 15) is 9.59 Å². The number of amides is 1. The molecule has 0 fully saturated rings. The highest BCUT2D eigenvalue weighted by molar-refractivity contribution is 6.02. The van der Waals surface area contributed by atoms with Crippen molar-refractivity contribution in [3.63, 3.8) is 0 Å². The van der Waals surface area contributed by atoms with Gasteiger partial charge in [-0.1, -0.05) is 17.3 Å². The van der Waals surface area contributed by atoms with Crippen molar-refractivity contribution < 1.29 is 18.8 Å². The number of carbonyl (C=O) groups is 2. The van der Waals surface area contributed by atoms with E-state index < -0.39 is 5.97 Å². The summed E-state index contributed by atoms with van der Waals surface area (Å²) in [6.45, 7) is 8.11. The van der Waals surface area contributed by atoms with E-state index in [1.807, 2.05) is 26.8 Å². The van der Waals surface area contributed by atoms with Gasteiger partial charge in [0, 0.05) is 18.5 Å². The number of aryl methyl sites for hydroxylation is 2. The molecule has 0 atom stereocenters. The lowest BCUT2D eigenvalue weighted by atomic mass is 10.1. The van der Waals surface area contributed by atoms with Gasteiger partial charge < -0.3 is 14.2 Å². The van der Waals surface area contributed by atoms with Gasteiger partial charge in [0.25, 0.3) is 0 Å². The highest BCUT2D eigenvalue weighted by Gasteiger charge is 2.21. The van der Waals surface area contributed by atoms with Crippen LogP contribution < -0.4 is 4.90 Å². The Hall–Kier alpha value is -2.63. The van der Waals surface area contributed by atoms with Crippen LogP contribution in [0.5, 0.6) is 0 Å². The molecule has 0 radical (unpaired) electrons. The highest BCUT2D eigenvalue weighted by atomic mass is 16.5. The lowest BCUT2D eigenvalue weighted by molar-refractivity contribution is -0.118. The number of carbonyl (C=O) groups excluding carboxylic acids is 2. The van der Waals surface area contributed by atoms with Gasteiger partial charge in [-0.3, -0.25) is 4.79 Å². The molecular weight excluding hydrogens is 320 g/mol. The molecule has 0 saturated carbocycles. The number of anilines is 1. The number of esters is 1. The molecule has 6 heteroatoms. The van der Waals surface area contributed by atoms with Gasteiger partial charge in [-0.15, -0.1) is 0 Å². The molecule has 0 unspecified atom stereocenters. The molecule has 0 N–H and O–H groups in total. The van der Waals surface area contributed by atoms with Crippen LogP contribution in [-0.2, 0) is 16.0 Å². The fraction of sp³-hybridized carbons (Fsp3) is 0.421. The van der Waals surface area contributed by atoms with Crippen molar-refractivity contribution >= 4 is 17.6 Å². The first-order valence-electron chi connectivity index (χ1n) is 8.47. The number of benzene rings is 1. The largest absolute Gasteiger partial charge is 0.462 e. The molecular formula is C19H24N2O4. The summed E-state index contributed by atoms with van der Waals surface area (Å²) in [5.41, 5.74) is 2.74. The molecule has 1 amide bonds. The minimum Gasteiger partial charge on any atom is -0.462 e. The summed E-state index contributed by atoms with van der Waals surface area (Å²) in [5.74, 6) is 0.259. The molecule has 2 aromatic rings. The van der Waals surface area contributed by atoms with E-state index in [0.29, 0.717) is 37.2 Å². The summed E-state index contributed by atoms with van der Waals surface area (Å²) in [4.78, 5) is 26.5. The highest BCUT2D eigenvalue weighted by Crippen LogP contribution is 2.23. The SMILES string of the molecule is CCOC(=O)c1ccccc1N(CC)C(=O)CCc1c(C)noc1C. The van der Waals surface area contributed by atoms with Crippen LogP contribution in [0.15, 0.2) is 28.8 Å². The summed E-state index contributed by atoms with van der Waals surface area (Å²) in [7, 11) is 0. The molecule has 6 nitrogen and oxygen atoms in total. The zero-order chi connectivity index (χ0) is 18.4. The first-order valence-corrected chi connectivity index (χ1v) is 8.47. The van der Waals surface area contributed by atoms with Gasteiger partial charge >= 0.3 is 5.97 Å². The second-order valence-corrected chi connectivity index (χ2v) is 5.68. The number of nitrogens with zero attached hydrogens (tertiary/aromatic N) is 2. The number of aromatic nitrogens is 1. The van der Waals surface area contributed by atoms with Crippen molar-refractivity contribution in [2.45, 2.75) is 40.5 Å². The van der Waals surface area contributed by atoms with Crippen LogP contribution in [0.2, 0.25) is 0 Å². The molecule has 0 aliphatic carbocycles. The Morgan fingerprint density at radius 2 is 1.92 bits per heavy atom. The zero-order valence-electron chi connectivity index (χ0n) is 15.2. The third-order valence-electron chi connectivity index (χ3n) is 4.08. The van der Waals surface area contributed by atoms with E-state index in [4.69, 9.17) is 9.26 Å². The summed E-state index contributed by atoms with van der Waals surface area (Å²) in [5, 5.41) is 3.91. The molecule has 0 bridgehead atoms. The first-order chi connectivity index (χ1) is 12.0. The van der Waals surface area contributed by atoms with E-state index in [1.54, 1.807) is 30.0 Å². The maximum atomic E-state index is 12.7. The number of hydrogen-bond acceptors (Lipinski definition) is 5. The minimum atomic E-state index is -0.421. The predicted molar refractivity (Wildman–Crippen MR) is 94.7 cm³/mol. The smallest absolute Gasteiger partial charge is 0.340 e. The number of hydrogen-bond donors (Lipinski definition) is 0. The summed E-state index contributed by atoms with van der Waals surface area (Å²) >= 11 is 0. The van der Waals surface area contributed by atoms with Crippen molar-refractivity contribution in [3.8, 4) is 0 Å². The molecule has 1 aromatic heterocycles. The minimum absolute atomic E-state index is 0.0563. The Bertz CT molecular complexity index is 732. The fourth-order valence-corrected chi connectivity index (χ4v) is 2.80. The second kappa shape index (κ2) is 8.46. The molecule has 0 spiro atoms. The molecule has 1 aromatic carbocycles. The maximum absolute atomic E-state index is 12.7. The van der Waals surface area contributed by atoms with Crippen LogP contribution in [0.1, 0.15) is 47.6 Å². The Morgan fingerprint density at radius 3 is 2.52 bits per heavy atom. The lowest BCUT2D eigenvalue weighted by Gasteiger charge is -2.23. The Morgan fingerprint density at radius 1 is 1.20 bits per heavy atom. The third-order valence-corrected chi connectivity index (χ3v) is 4.08. The van der Waals surface area contributed by atoms with E-state index in [-0.39, 0.29) is 5.91 Å². The third kappa shape index (κ3) is 4.26. The lowest BCUT2D eigenvalue weighted by Crippen LogP contribution is -2.32. The van der Waals surface area contributed by atoms with Gasteiger partial charge in [-0.25, -0.2) is 4.79 Å². The van der Waals surface area contributed by atoms with Crippen LogP contribution in [0, 0.1) is 13.8 Å². The maximum Gasteiger partial charge on any atom is 0.340 e. The Labute approximate surface area is 147 Å². The zero-order valence-corrected chi connectivity index (χ0v) is 15.2. The van der Waals surface area contributed by atoms with E-state index in [1.165, 1.54) is 0 Å². The van der Waals surface area contributed by atoms with Crippen LogP contribution in [0.25, 0.3) is 0 Å². The van der Waals surface area contributed by atoms with Crippen LogP contribution >= 0.6 is 0 Å². The van der Waals surface area contributed by atoms with Crippen LogP contribution in [-0.4, -0.2) is 30.2 Å². The normalized spacial score (nSPS) is 10.6. The van der Waals surface area contributed by atoms with Crippen molar-refractivity contribution in [2.24, 2.45) is 0 Å². The number of ether oxygens (including phenoxy) is 1. The average Bonchev–Trinajstić information content (AvgIpc) is 2.92. The van der Waals surface area contributed by atoms with E-state index in [0.717, 1.165) is 17.0 Å². The standard InChI is InChI=1S/C19H24N2O4/c1-5-21(17-10-8-7-9-16(17)19(23)24-6-2)18(22)12-11-15-13(3)20-25-14(15)4/h7-10H,5-6,11-12H2,1-4H3. The summed E-state index contributed by atoms with van der Waals surface area (Å²) in [6, 6.07) is 7.02. The topological polar surface area (TPSA) is 72.6 Å². The quantitative estimate of drug-likeness (QED) is 0.719.